The first-order valence-corrected chi connectivity index (χ1v) is 8.79. The lowest BCUT2D eigenvalue weighted by Crippen LogP contribution is -2.35. The smallest absolute Gasteiger partial charge is 0.313 e. The summed E-state index contributed by atoms with van der Waals surface area (Å²) in [6.07, 6.45) is 6.92. The fourth-order valence-electron chi connectivity index (χ4n) is 2.70. The average molecular weight is 326 g/mol. The van der Waals surface area contributed by atoms with Gasteiger partial charge in [-0.05, 0) is 17.9 Å². The number of anilines is 1. The third-order valence-corrected chi connectivity index (χ3v) is 4.06. The summed E-state index contributed by atoms with van der Waals surface area (Å²) in [6.45, 7) is 2.74. The van der Waals surface area contributed by atoms with Crippen molar-refractivity contribution in [3.63, 3.8) is 0 Å². The van der Waals surface area contributed by atoms with Crippen molar-refractivity contribution in [1.29, 1.82) is 0 Å². The second-order valence-electron chi connectivity index (χ2n) is 6.00. The number of benzene rings is 2. The topological polar surface area (TPSA) is 58.2 Å². The summed E-state index contributed by atoms with van der Waals surface area (Å²) >= 11 is 0. The van der Waals surface area contributed by atoms with Gasteiger partial charge in [-0.15, -0.1) is 0 Å². The maximum absolute atomic E-state index is 12.0. The number of hydrogen-bond acceptors (Lipinski definition) is 2. The second-order valence-corrected chi connectivity index (χ2v) is 6.00. The minimum absolute atomic E-state index is 0.550. The molecule has 0 aliphatic rings. The minimum Gasteiger partial charge on any atom is -0.348 e. The number of carbonyl (C=O) groups is 2. The Morgan fingerprint density at radius 1 is 0.833 bits per heavy atom. The zero-order chi connectivity index (χ0) is 17.2. The SMILES string of the molecule is CCCCCCCCNC(=O)C(=O)Nc1cccc2ccccc12. The van der Waals surface area contributed by atoms with Crippen LogP contribution in [0.25, 0.3) is 10.8 Å². The molecule has 4 nitrogen and oxygen atoms in total. The van der Waals surface area contributed by atoms with Crippen molar-refractivity contribution in [2.24, 2.45) is 0 Å². The number of hydrogen-bond donors (Lipinski definition) is 2. The summed E-state index contributed by atoms with van der Waals surface area (Å²) in [5, 5.41) is 7.35. The van der Waals surface area contributed by atoms with Gasteiger partial charge >= 0.3 is 11.8 Å². The van der Waals surface area contributed by atoms with E-state index in [-0.39, 0.29) is 0 Å². The van der Waals surface area contributed by atoms with Gasteiger partial charge in [0.25, 0.3) is 0 Å². The number of nitrogens with one attached hydrogen (secondary N) is 2. The summed E-state index contributed by atoms with van der Waals surface area (Å²) in [5.74, 6) is -1.19. The van der Waals surface area contributed by atoms with Gasteiger partial charge in [-0.2, -0.15) is 0 Å². The highest BCUT2D eigenvalue weighted by molar-refractivity contribution is 6.40. The Morgan fingerprint density at radius 3 is 2.38 bits per heavy atom. The number of unbranched alkanes of at least 4 members (excludes halogenated alkanes) is 5. The summed E-state index contributed by atoms with van der Waals surface area (Å²) in [6, 6.07) is 13.4. The minimum atomic E-state index is -0.614. The summed E-state index contributed by atoms with van der Waals surface area (Å²) < 4.78 is 0. The van der Waals surface area contributed by atoms with Crippen LogP contribution < -0.4 is 10.6 Å². The fourth-order valence-corrected chi connectivity index (χ4v) is 2.70. The maximum Gasteiger partial charge on any atom is 0.313 e. The lowest BCUT2D eigenvalue weighted by Gasteiger charge is -2.09. The van der Waals surface area contributed by atoms with E-state index in [1.54, 1.807) is 6.07 Å². The number of carbonyl (C=O) groups excluding carboxylic acids is 2. The first-order valence-electron chi connectivity index (χ1n) is 8.79. The molecular formula is C20H26N2O2. The van der Waals surface area contributed by atoms with Crippen molar-refractivity contribution < 1.29 is 9.59 Å². The largest absolute Gasteiger partial charge is 0.348 e. The van der Waals surface area contributed by atoms with Gasteiger partial charge in [0.15, 0.2) is 0 Å². The van der Waals surface area contributed by atoms with Crippen LogP contribution in [0.4, 0.5) is 5.69 Å². The number of fused-ring (bicyclic) bond motifs is 1. The molecule has 0 fully saturated rings. The molecule has 0 unspecified atom stereocenters. The van der Waals surface area contributed by atoms with E-state index < -0.39 is 11.8 Å². The molecular weight excluding hydrogens is 300 g/mol. The molecule has 4 heteroatoms. The lowest BCUT2D eigenvalue weighted by atomic mass is 10.1. The van der Waals surface area contributed by atoms with E-state index >= 15 is 0 Å². The average Bonchev–Trinajstić information content (AvgIpc) is 2.61. The molecule has 128 valence electrons. The molecule has 0 radical (unpaired) electrons. The van der Waals surface area contributed by atoms with Crippen molar-refractivity contribution in [3.8, 4) is 0 Å². The quantitative estimate of drug-likeness (QED) is 0.562. The normalized spacial score (nSPS) is 10.5. The van der Waals surface area contributed by atoms with Crippen molar-refractivity contribution >= 4 is 28.3 Å². The zero-order valence-corrected chi connectivity index (χ0v) is 14.3. The zero-order valence-electron chi connectivity index (χ0n) is 14.3. The predicted molar refractivity (Wildman–Crippen MR) is 99.0 cm³/mol. The van der Waals surface area contributed by atoms with Crippen LogP contribution in [0.1, 0.15) is 45.4 Å². The van der Waals surface area contributed by atoms with Crippen LogP contribution in [0.2, 0.25) is 0 Å². The van der Waals surface area contributed by atoms with Crippen molar-refractivity contribution in [2.75, 3.05) is 11.9 Å². The first kappa shape index (κ1) is 18.0. The summed E-state index contributed by atoms with van der Waals surface area (Å²) in [4.78, 5) is 23.9. The highest BCUT2D eigenvalue weighted by atomic mass is 16.2. The molecule has 0 aliphatic carbocycles. The second kappa shape index (κ2) is 9.71. The van der Waals surface area contributed by atoms with Gasteiger partial charge in [0.2, 0.25) is 0 Å². The van der Waals surface area contributed by atoms with Gasteiger partial charge in [0.05, 0.1) is 0 Å². The third kappa shape index (κ3) is 5.37. The Hall–Kier alpha value is -2.36. The molecule has 0 bridgehead atoms. The van der Waals surface area contributed by atoms with E-state index in [0.29, 0.717) is 12.2 Å². The van der Waals surface area contributed by atoms with Crippen LogP contribution in [0, 0.1) is 0 Å². The molecule has 0 atom stereocenters. The van der Waals surface area contributed by atoms with Gasteiger partial charge in [0.1, 0.15) is 0 Å². The van der Waals surface area contributed by atoms with Gasteiger partial charge in [-0.25, -0.2) is 0 Å². The van der Waals surface area contributed by atoms with Gasteiger partial charge < -0.3 is 10.6 Å². The van der Waals surface area contributed by atoms with E-state index in [2.05, 4.69) is 17.6 Å². The highest BCUT2D eigenvalue weighted by Crippen LogP contribution is 2.22. The number of amides is 2. The Balaban J connectivity index is 1.78. The third-order valence-electron chi connectivity index (χ3n) is 4.06. The molecule has 2 aromatic carbocycles. The van der Waals surface area contributed by atoms with Gasteiger partial charge in [0, 0.05) is 17.6 Å². The summed E-state index contributed by atoms with van der Waals surface area (Å²) in [7, 11) is 0. The van der Waals surface area contributed by atoms with E-state index in [0.717, 1.165) is 23.6 Å². The van der Waals surface area contributed by atoms with Crippen LogP contribution in [0.3, 0.4) is 0 Å². The fraction of sp³-hybridized carbons (Fsp3) is 0.400. The standard InChI is InChI=1S/C20H26N2O2/c1-2-3-4-5-6-9-15-21-19(23)20(24)22-18-14-10-12-16-11-7-8-13-17(16)18/h7-8,10-14H,2-6,9,15H2,1H3,(H,21,23)(H,22,24). The molecule has 0 spiro atoms. The molecule has 2 amide bonds. The van der Waals surface area contributed by atoms with Crippen molar-refractivity contribution in [2.45, 2.75) is 45.4 Å². The molecule has 0 saturated heterocycles. The van der Waals surface area contributed by atoms with Crippen LogP contribution in [-0.4, -0.2) is 18.4 Å². The van der Waals surface area contributed by atoms with E-state index in [1.165, 1.54) is 25.7 Å². The molecule has 2 aromatic rings. The summed E-state index contributed by atoms with van der Waals surface area (Å²) in [5.41, 5.74) is 0.660. The van der Waals surface area contributed by atoms with Crippen molar-refractivity contribution in [3.05, 3.63) is 42.5 Å². The van der Waals surface area contributed by atoms with Crippen LogP contribution in [-0.2, 0) is 9.59 Å². The molecule has 0 heterocycles. The Bertz CT molecular complexity index is 677. The monoisotopic (exact) mass is 326 g/mol. The van der Waals surface area contributed by atoms with E-state index in [1.807, 2.05) is 36.4 Å². The Labute approximate surface area is 143 Å². The van der Waals surface area contributed by atoms with Crippen molar-refractivity contribution in [1.82, 2.24) is 5.32 Å². The molecule has 2 rings (SSSR count). The van der Waals surface area contributed by atoms with Crippen LogP contribution in [0.15, 0.2) is 42.5 Å². The van der Waals surface area contributed by atoms with E-state index in [9.17, 15) is 9.59 Å². The molecule has 24 heavy (non-hydrogen) atoms. The molecule has 0 aliphatic heterocycles. The van der Waals surface area contributed by atoms with E-state index in [4.69, 9.17) is 0 Å². The lowest BCUT2D eigenvalue weighted by molar-refractivity contribution is -0.136. The predicted octanol–water partition coefficient (Wildman–Crippen LogP) is 4.26. The Kier molecular flexibility index (Phi) is 7.27. The van der Waals surface area contributed by atoms with Crippen LogP contribution in [0.5, 0.6) is 0 Å². The molecule has 0 aromatic heterocycles. The highest BCUT2D eigenvalue weighted by Gasteiger charge is 2.14. The van der Waals surface area contributed by atoms with Gasteiger partial charge in [-0.3, -0.25) is 9.59 Å². The van der Waals surface area contributed by atoms with Gasteiger partial charge in [-0.1, -0.05) is 75.4 Å². The molecule has 2 N–H and O–H groups in total. The van der Waals surface area contributed by atoms with Crippen LogP contribution >= 0.6 is 0 Å². The first-order chi connectivity index (χ1) is 11.7. The molecule has 0 saturated carbocycles. The Morgan fingerprint density at radius 2 is 1.54 bits per heavy atom. The number of rotatable bonds is 8. The maximum atomic E-state index is 12.0.